The molecule has 1 heterocycles. The quantitative estimate of drug-likeness (QED) is 0.619. The smallest absolute Gasteiger partial charge is 0.223 e. The predicted octanol–water partition coefficient (Wildman–Crippen LogP) is 4.17. The van der Waals surface area contributed by atoms with Gasteiger partial charge in [-0.1, -0.05) is 48.5 Å². The summed E-state index contributed by atoms with van der Waals surface area (Å²) in [5.74, 6) is 1.60. The number of rotatable bonds is 6. The summed E-state index contributed by atoms with van der Waals surface area (Å²) in [4.78, 5) is 4.45. The molecular weight excluding hydrogens is 268 g/mol. The number of aromatic amines is 1. The van der Waals surface area contributed by atoms with Crippen LogP contribution in [0, 0.1) is 0 Å². The Morgan fingerprint density at radius 2 is 2.20 bits per heavy atom. The molecule has 0 radical (unpaired) electrons. The molecule has 0 saturated heterocycles. The molecule has 0 atom stereocenters. The second kappa shape index (κ2) is 7.14. The highest BCUT2D eigenvalue weighted by molar-refractivity contribution is 7.99. The Bertz CT molecular complexity index is 589. The molecule has 0 fully saturated rings. The lowest BCUT2D eigenvalue weighted by Crippen LogP contribution is -1.96. The van der Waals surface area contributed by atoms with Gasteiger partial charge in [-0.05, 0) is 31.9 Å². The molecule has 4 nitrogen and oxygen atoms in total. The first-order chi connectivity index (χ1) is 9.72. The van der Waals surface area contributed by atoms with Crippen LogP contribution in [-0.2, 0) is 6.42 Å². The SMILES string of the molecule is CC=C(C)CSc1n[nH]c(Nc2ccccc2CC)n1. The first-order valence-corrected chi connectivity index (χ1v) is 7.73. The average Bonchev–Trinajstić information content (AvgIpc) is 2.93. The van der Waals surface area contributed by atoms with Gasteiger partial charge in [-0.3, -0.25) is 0 Å². The molecule has 0 bridgehead atoms. The molecule has 20 heavy (non-hydrogen) atoms. The number of allylic oxidation sites excluding steroid dienone is 1. The number of thioether (sulfide) groups is 1. The van der Waals surface area contributed by atoms with Gasteiger partial charge in [0.15, 0.2) is 0 Å². The molecule has 0 spiro atoms. The second-order valence-corrected chi connectivity index (χ2v) is 5.47. The minimum absolute atomic E-state index is 0.687. The number of nitrogens with zero attached hydrogens (tertiary/aromatic N) is 2. The van der Waals surface area contributed by atoms with E-state index in [-0.39, 0.29) is 0 Å². The number of H-pyrrole nitrogens is 1. The fourth-order valence-corrected chi connectivity index (χ4v) is 2.50. The van der Waals surface area contributed by atoms with Crippen LogP contribution in [0.1, 0.15) is 26.3 Å². The van der Waals surface area contributed by atoms with Gasteiger partial charge in [0.25, 0.3) is 0 Å². The number of hydrogen-bond acceptors (Lipinski definition) is 4. The van der Waals surface area contributed by atoms with Crippen molar-refractivity contribution in [3.63, 3.8) is 0 Å². The van der Waals surface area contributed by atoms with Gasteiger partial charge in [-0.2, -0.15) is 4.98 Å². The van der Waals surface area contributed by atoms with Crippen LogP contribution < -0.4 is 5.32 Å². The summed E-state index contributed by atoms with van der Waals surface area (Å²) in [6.45, 7) is 6.29. The van der Waals surface area contributed by atoms with Crippen molar-refractivity contribution in [2.75, 3.05) is 11.1 Å². The van der Waals surface area contributed by atoms with Gasteiger partial charge in [-0.15, -0.1) is 5.10 Å². The summed E-state index contributed by atoms with van der Waals surface area (Å²) < 4.78 is 0. The van der Waals surface area contributed by atoms with Crippen LogP contribution in [0.15, 0.2) is 41.1 Å². The Balaban J connectivity index is 2.02. The highest BCUT2D eigenvalue weighted by Gasteiger charge is 2.06. The third-order valence-electron chi connectivity index (χ3n) is 3.04. The lowest BCUT2D eigenvalue weighted by molar-refractivity contribution is 0.974. The standard InChI is InChI=1S/C15H20N4S/c1-4-11(3)10-20-15-17-14(18-19-15)16-13-9-7-6-8-12(13)5-2/h4,6-9H,5,10H2,1-3H3,(H2,16,17,18,19). The average molecular weight is 288 g/mol. The van der Waals surface area contributed by atoms with Gasteiger partial charge >= 0.3 is 0 Å². The molecule has 0 amide bonds. The van der Waals surface area contributed by atoms with E-state index in [1.165, 1.54) is 11.1 Å². The van der Waals surface area contributed by atoms with Crippen LogP contribution in [-0.4, -0.2) is 20.9 Å². The van der Waals surface area contributed by atoms with Gasteiger partial charge < -0.3 is 5.32 Å². The first kappa shape index (κ1) is 14.7. The van der Waals surface area contributed by atoms with Crippen molar-refractivity contribution in [2.45, 2.75) is 32.3 Å². The Hall–Kier alpha value is -1.75. The molecule has 1 aromatic heterocycles. The number of para-hydroxylation sites is 1. The number of aromatic nitrogens is 3. The largest absolute Gasteiger partial charge is 0.324 e. The lowest BCUT2D eigenvalue weighted by atomic mass is 10.1. The molecule has 2 N–H and O–H groups in total. The van der Waals surface area contributed by atoms with Crippen LogP contribution in [0.5, 0.6) is 0 Å². The van der Waals surface area contributed by atoms with Gasteiger partial charge in [-0.25, -0.2) is 5.10 Å². The number of hydrogen-bond donors (Lipinski definition) is 2. The van der Waals surface area contributed by atoms with Gasteiger partial charge in [0.1, 0.15) is 0 Å². The van der Waals surface area contributed by atoms with E-state index in [9.17, 15) is 0 Å². The molecule has 2 rings (SSSR count). The van der Waals surface area contributed by atoms with E-state index in [1.54, 1.807) is 11.8 Å². The molecule has 0 aliphatic heterocycles. The number of aryl methyl sites for hydroxylation is 1. The van der Waals surface area contributed by atoms with E-state index in [0.29, 0.717) is 5.95 Å². The zero-order valence-corrected chi connectivity index (χ0v) is 12.9. The fourth-order valence-electron chi connectivity index (χ4n) is 1.71. The molecule has 0 unspecified atom stereocenters. The molecular formula is C15H20N4S. The van der Waals surface area contributed by atoms with E-state index < -0.39 is 0 Å². The maximum absolute atomic E-state index is 4.45. The summed E-state index contributed by atoms with van der Waals surface area (Å²) in [6, 6.07) is 8.23. The minimum atomic E-state index is 0.687. The van der Waals surface area contributed by atoms with Crippen LogP contribution >= 0.6 is 11.8 Å². The van der Waals surface area contributed by atoms with Gasteiger partial charge in [0, 0.05) is 11.4 Å². The topological polar surface area (TPSA) is 53.6 Å². The third-order valence-corrected chi connectivity index (χ3v) is 4.08. The van der Waals surface area contributed by atoms with E-state index >= 15 is 0 Å². The lowest BCUT2D eigenvalue weighted by Gasteiger charge is -2.07. The number of benzene rings is 1. The second-order valence-electron chi connectivity index (χ2n) is 4.53. The summed E-state index contributed by atoms with van der Waals surface area (Å²) in [6.07, 6.45) is 3.09. The maximum Gasteiger partial charge on any atom is 0.223 e. The Morgan fingerprint density at radius 1 is 1.40 bits per heavy atom. The van der Waals surface area contributed by atoms with Crippen molar-refractivity contribution in [1.29, 1.82) is 0 Å². The molecule has 0 aliphatic rings. The van der Waals surface area contributed by atoms with E-state index in [0.717, 1.165) is 23.0 Å². The molecule has 106 valence electrons. The Labute approximate surface area is 124 Å². The zero-order chi connectivity index (χ0) is 14.4. The van der Waals surface area contributed by atoms with Crippen LogP contribution in [0.25, 0.3) is 0 Å². The fraction of sp³-hybridized carbons (Fsp3) is 0.333. The molecule has 0 aliphatic carbocycles. The Kier molecular flexibility index (Phi) is 5.24. The highest BCUT2D eigenvalue weighted by atomic mass is 32.2. The predicted molar refractivity (Wildman–Crippen MR) is 85.6 cm³/mol. The van der Waals surface area contributed by atoms with Crippen molar-refractivity contribution in [1.82, 2.24) is 15.2 Å². The highest BCUT2D eigenvalue weighted by Crippen LogP contribution is 2.21. The van der Waals surface area contributed by atoms with Crippen molar-refractivity contribution < 1.29 is 0 Å². The van der Waals surface area contributed by atoms with Crippen molar-refractivity contribution in [3.8, 4) is 0 Å². The molecule has 2 aromatic rings. The number of anilines is 2. The van der Waals surface area contributed by atoms with E-state index in [4.69, 9.17) is 0 Å². The van der Waals surface area contributed by atoms with Crippen molar-refractivity contribution >= 4 is 23.4 Å². The molecule has 0 saturated carbocycles. The normalized spacial score (nSPS) is 11.7. The van der Waals surface area contributed by atoms with Crippen LogP contribution in [0.2, 0.25) is 0 Å². The summed E-state index contributed by atoms with van der Waals surface area (Å²) in [5, 5.41) is 11.2. The summed E-state index contributed by atoms with van der Waals surface area (Å²) >= 11 is 1.63. The summed E-state index contributed by atoms with van der Waals surface area (Å²) in [7, 11) is 0. The van der Waals surface area contributed by atoms with E-state index in [1.807, 2.05) is 19.1 Å². The Morgan fingerprint density at radius 3 is 2.95 bits per heavy atom. The van der Waals surface area contributed by atoms with Gasteiger partial charge in [0.2, 0.25) is 11.1 Å². The first-order valence-electron chi connectivity index (χ1n) is 6.74. The van der Waals surface area contributed by atoms with Crippen molar-refractivity contribution in [3.05, 3.63) is 41.5 Å². The summed E-state index contributed by atoms with van der Waals surface area (Å²) in [5.41, 5.74) is 3.67. The van der Waals surface area contributed by atoms with E-state index in [2.05, 4.69) is 52.6 Å². The van der Waals surface area contributed by atoms with Crippen molar-refractivity contribution in [2.24, 2.45) is 0 Å². The monoisotopic (exact) mass is 288 g/mol. The maximum atomic E-state index is 4.45. The van der Waals surface area contributed by atoms with Crippen LogP contribution in [0.3, 0.4) is 0 Å². The molecule has 1 aromatic carbocycles. The van der Waals surface area contributed by atoms with Crippen LogP contribution in [0.4, 0.5) is 11.6 Å². The minimum Gasteiger partial charge on any atom is -0.324 e. The zero-order valence-electron chi connectivity index (χ0n) is 12.1. The molecule has 5 heteroatoms. The third kappa shape index (κ3) is 3.87. The number of nitrogens with one attached hydrogen (secondary N) is 2. The van der Waals surface area contributed by atoms with Gasteiger partial charge in [0.05, 0.1) is 0 Å².